The van der Waals surface area contributed by atoms with Crippen molar-refractivity contribution in [1.29, 1.82) is 0 Å². The zero-order valence-corrected chi connectivity index (χ0v) is 12.0. The second-order valence-corrected chi connectivity index (χ2v) is 5.95. The highest BCUT2D eigenvalue weighted by Gasteiger charge is 2.08. The molecule has 2 atom stereocenters. The topological polar surface area (TPSA) is 81.4 Å². The number of ether oxygens (including phenoxy) is 1. The number of nitrogens with two attached hydrogens (primary N) is 1. The van der Waals surface area contributed by atoms with Crippen molar-refractivity contribution in [3.05, 3.63) is 24.3 Å². The lowest BCUT2D eigenvalue weighted by Crippen LogP contribution is -2.36. The summed E-state index contributed by atoms with van der Waals surface area (Å²) in [7, 11) is -0.833. The third-order valence-corrected chi connectivity index (χ3v) is 3.28. The molecule has 0 saturated carbocycles. The van der Waals surface area contributed by atoms with Crippen molar-refractivity contribution in [3.8, 4) is 5.75 Å². The Labute approximate surface area is 116 Å². The number of carbonyl (C=O) groups is 1. The van der Waals surface area contributed by atoms with Crippen LogP contribution >= 0.6 is 0 Å². The van der Waals surface area contributed by atoms with E-state index in [0.717, 1.165) is 0 Å². The molecule has 0 radical (unpaired) electrons. The fourth-order valence-electron chi connectivity index (χ4n) is 1.48. The van der Waals surface area contributed by atoms with E-state index in [1.54, 1.807) is 30.5 Å². The van der Waals surface area contributed by atoms with Gasteiger partial charge in [0.1, 0.15) is 5.75 Å². The molecule has 1 aromatic carbocycles. The summed E-state index contributed by atoms with van der Waals surface area (Å²) in [5.74, 6) is 0.951. The van der Waals surface area contributed by atoms with Crippen molar-refractivity contribution < 1.29 is 13.7 Å². The van der Waals surface area contributed by atoms with Crippen molar-refractivity contribution in [3.63, 3.8) is 0 Å². The minimum absolute atomic E-state index is 0.0131. The van der Waals surface area contributed by atoms with Gasteiger partial charge in [-0.15, -0.1) is 0 Å². The normalized spacial score (nSPS) is 13.6. The molecule has 5 nitrogen and oxygen atoms in total. The van der Waals surface area contributed by atoms with E-state index in [1.807, 2.05) is 6.92 Å². The lowest BCUT2D eigenvalue weighted by atomic mass is 10.2. The van der Waals surface area contributed by atoms with E-state index in [1.165, 1.54) is 0 Å². The van der Waals surface area contributed by atoms with Crippen molar-refractivity contribution in [2.75, 3.05) is 24.3 Å². The number of nitrogens with one attached hydrogen (secondary N) is 1. The summed E-state index contributed by atoms with van der Waals surface area (Å²) in [6.45, 7) is 1.83. The van der Waals surface area contributed by atoms with E-state index >= 15 is 0 Å². The molecule has 6 heteroatoms. The number of nitrogen functional groups attached to an aromatic ring is 1. The number of carbonyl (C=O) groups excluding carboxylic acids is 1. The van der Waals surface area contributed by atoms with Gasteiger partial charge >= 0.3 is 0 Å². The SMILES string of the molecule is CC(CCS(C)=O)NC(=O)COc1cccc(N)c1. The van der Waals surface area contributed by atoms with Crippen molar-refractivity contribution >= 4 is 22.4 Å². The molecule has 106 valence electrons. The van der Waals surface area contributed by atoms with Gasteiger partial charge in [0.05, 0.1) is 0 Å². The van der Waals surface area contributed by atoms with Crippen molar-refractivity contribution in [2.45, 2.75) is 19.4 Å². The summed E-state index contributed by atoms with van der Waals surface area (Å²) < 4.78 is 16.3. The number of hydrogen-bond acceptors (Lipinski definition) is 4. The first-order chi connectivity index (χ1) is 8.97. The van der Waals surface area contributed by atoms with Crippen LogP contribution in [0.5, 0.6) is 5.75 Å². The number of anilines is 1. The zero-order valence-electron chi connectivity index (χ0n) is 11.2. The van der Waals surface area contributed by atoms with Gasteiger partial charge in [-0.3, -0.25) is 9.00 Å². The average Bonchev–Trinajstić information content (AvgIpc) is 2.34. The standard InChI is InChI=1S/C13H20N2O3S/c1-10(6-7-19(2)17)15-13(16)9-18-12-5-3-4-11(14)8-12/h3-5,8,10H,6-7,9,14H2,1-2H3,(H,15,16). The van der Waals surface area contributed by atoms with E-state index in [9.17, 15) is 9.00 Å². The Hall–Kier alpha value is -1.56. The number of hydrogen-bond donors (Lipinski definition) is 2. The van der Waals surface area contributed by atoms with Gasteiger partial charge in [0, 0.05) is 40.6 Å². The smallest absolute Gasteiger partial charge is 0.258 e. The molecule has 0 bridgehead atoms. The summed E-state index contributed by atoms with van der Waals surface area (Å²) >= 11 is 0. The summed E-state index contributed by atoms with van der Waals surface area (Å²) in [6, 6.07) is 6.91. The monoisotopic (exact) mass is 284 g/mol. The first kappa shape index (κ1) is 15.5. The second-order valence-electron chi connectivity index (χ2n) is 4.40. The maximum Gasteiger partial charge on any atom is 0.258 e. The summed E-state index contributed by atoms with van der Waals surface area (Å²) in [5.41, 5.74) is 6.20. The minimum atomic E-state index is -0.833. The Morgan fingerprint density at radius 3 is 2.89 bits per heavy atom. The Kier molecular flexibility index (Phi) is 6.35. The van der Waals surface area contributed by atoms with Crippen LogP contribution in [0, 0.1) is 0 Å². The molecular weight excluding hydrogens is 264 g/mol. The van der Waals surface area contributed by atoms with Gasteiger partial charge in [-0.2, -0.15) is 0 Å². The fraction of sp³-hybridized carbons (Fsp3) is 0.462. The zero-order chi connectivity index (χ0) is 14.3. The molecule has 2 unspecified atom stereocenters. The number of benzene rings is 1. The molecule has 0 aliphatic heterocycles. The van der Waals surface area contributed by atoms with Crippen LogP contribution < -0.4 is 15.8 Å². The first-order valence-corrected chi connectivity index (χ1v) is 7.78. The number of rotatable bonds is 7. The molecule has 1 amide bonds. The molecule has 0 fully saturated rings. The van der Waals surface area contributed by atoms with E-state index in [2.05, 4.69) is 5.32 Å². The molecule has 1 aromatic rings. The predicted octanol–water partition coefficient (Wildman–Crippen LogP) is 0.921. The lowest BCUT2D eigenvalue weighted by Gasteiger charge is -2.13. The molecule has 0 saturated heterocycles. The molecule has 0 aromatic heterocycles. The van der Waals surface area contributed by atoms with E-state index < -0.39 is 10.8 Å². The van der Waals surface area contributed by atoms with Gasteiger partial charge in [0.25, 0.3) is 5.91 Å². The third-order valence-electron chi connectivity index (χ3n) is 2.47. The van der Waals surface area contributed by atoms with Crippen LogP contribution in [0.15, 0.2) is 24.3 Å². The van der Waals surface area contributed by atoms with Crippen LogP contribution in [0.1, 0.15) is 13.3 Å². The Morgan fingerprint density at radius 1 is 1.53 bits per heavy atom. The molecule has 19 heavy (non-hydrogen) atoms. The van der Waals surface area contributed by atoms with Crippen LogP contribution in [-0.4, -0.2) is 34.8 Å². The fourth-order valence-corrected chi connectivity index (χ4v) is 2.17. The quantitative estimate of drug-likeness (QED) is 0.730. The van der Waals surface area contributed by atoms with Gasteiger partial charge < -0.3 is 15.8 Å². The second kappa shape index (κ2) is 7.78. The predicted molar refractivity (Wildman–Crippen MR) is 77.5 cm³/mol. The Balaban J connectivity index is 2.29. The van der Waals surface area contributed by atoms with E-state index in [0.29, 0.717) is 23.6 Å². The molecule has 3 N–H and O–H groups in total. The highest BCUT2D eigenvalue weighted by Crippen LogP contribution is 2.13. The molecule has 0 aliphatic carbocycles. The van der Waals surface area contributed by atoms with Crippen LogP contribution in [0.25, 0.3) is 0 Å². The van der Waals surface area contributed by atoms with E-state index in [-0.39, 0.29) is 18.6 Å². The minimum Gasteiger partial charge on any atom is -0.484 e. The highest BCUT2D eigenvalue weighted by molar-refractivity contribution is 7.84. The van der Waals surface area contributed by atoms with Gasteiger partial charge in [0.15, 0.2) is 6.61 Å². The van der Waals surface area contributed by atoms with Gasteiger partial charge in [0.2, 0.25) is 0 Å². The first-order valence-electron chi connectivity index (χ1n) is 6.05. The Morgan fingerprint density at radius 2 is 2.26 bits per heavy atom. The maximum absolute atomic E-state index is 11.6. The van der Waals surface area contributed by atoms with Crippen LogP contribution in [0.3, 0.4) is 0 Å². The molecule has 0 spiro atoms. The molecule has 0 heterocycles. The van der Waals surface area contributed by atoms with Crippen LogP contribution in [-0.2, 0) is 15.6 Å². The van der Waals surface area contributed by atoms with Gasteiger partial charge in [-0.25, -0.2) is 0 Å². The highest BCUT2D eigenvalue weighted by atomic mass is 32.2. The maximum atomic E-state index is 11.6. The third kappa shape index (κ3) is 6.81. The summed E-state index contributed by atoms with van der Waals surface area (Å²) in [5, 5.41) is 2.79. The molecule has 0 aliphatic rings. The number of amides is 1. The lowest BCUT2D eigenvalue weighted by molar-refractivity contribution is -0.123. The van der Waals surface area contributed by atoms with Gasteiger partial charge in [-0.05, 0) is 25.5 Å². The molecule has 1 rings (SSSR count). The van der Waals surface area contributed by atoms with Crippen LogP contribution in [0.4, 0.5) is 5.69 Å². The molecular formula is C13H20N2O3S. The van der Waals surface area contributed by atoms with E-state index in [4.69, 9.17) is 10.5 Å². The largest absolute Gasteiger partial charge is 0.484 e. The summed E-state index contributed by atoms with van der Waals surface area (Å²) in [6.07, 6.45) is 2.34. The summed E-state index contributed by atoms with van der Waals surface area (Å²) in [4.78, 5) is 11.6. The van der Waals surface area contributed by atoms with Gasteiger partial charge in [-0.1, -0.05) is 6.07 Å². The van der Waals surface area contributed by atoms with Crippen LogP contribution in [0.2, 0.25) is 0 Å². The Bertz CT molecular complexity index is 451. The van der Waals surface area contributed by atoms with Crippen molar-refractivity contribution in [1.82, 2.24) is 5.32 Å². The average molecular weight is 284 g/mol. The van der Waals surface area contributed by atoms with Crippen molar-refractivity contribution in [2.24, 2.45) is 0 Å².